The minimum absolute atomic E-state index is 0.0265. The van der Waals surface area contributed by atoms with Crippen LogP contribution in [0.1, 0.15) is 134 Å². The molecule has 0 saturated carbocycles. The summed E-state index contributed by atoms with van der Waals surface area (Å²) in [6.07, 6.45) is 3.64. The van der Waals surface area contributed by atoms with E-state index in [1.807, 2.05) is 56.6 Å². The molecule has 4 N–H and O–H groups in total. The summed E-state index contributed by atoms with van der Waals surface area (Å²) in [7, 11) is 6.40. The fourth-order valence-corrected chi connectivity index (χ4v) is 10.9. The third-order valence-electron chi connectivity index (χ3n) is 14.7. The number of anilines is 1. The first-order chi connectivity index (χ1) is 33.5. The second-order valence-electron chi connectivity index (χ2n) is 20.8. The molecule has 376 valence electrons. The molecule has 0 bridgehead atoms. The van der Waals surface area contributed by atoms with E-state index in [4.69, 9.17) is 28.9 Å². The maximum atomic E-state index is 14.2. The maximum absolute atomic E-state index is 14.2. The van der Waals surface area contributed by atoms with Crippen molar-refractivity contribution in [3.05, 3.63) is 101 Å². The Labute approximate surface area is 412 Å². The molecule has 16 nitrogen and oxygen atoms in total. The quantitative estimate of drug-likeness (QED) is 0.0737. The van der Waals surface area contributed by atoms with Crippen LogP contribution in [0.2, 0.25) is 0 Å². The van der Waals surface area contributed by atoms with Crippen molar-refractivity contribution in [2.45, 2.75) is 135 Å². The van der Waals surface area contributed by atoms with Crippen molar-refractivity contribution in [3.8, 4) is 0 Å². The number of aromatic amines is 2. The number of aromatic nitrogens is 4. The van der Waals surface area contributed by atoms with Crippen LogP contribution < -0.4 is 15.5 Å². The van der Waals surface area contributed by atoms with E-state index < -0.39 is 30.4 Å². The molecule has 5 aromatic rings. The summed E-state index contributed by atoms with van der Waals surface area (Å²) in [6, 6.07) is 19.3. The smallest absolute Gasteiger partial charge is 0.407 e. The van der Waals surface area contributed by atoms with Gasteiger partial charge in [-0.15, -0.1) is 0 Å². The second-order valence-corrected chi connectivity index (χ2v) is 20.8. The number of methoxy groups -OCH3 is 4. The number of fused-ring (bicyclic) bond motifs is 2. The number of alkyl carbamates (subject to hydrolysis) is 1. The number of rotatable bonds is 15. The Bertz CT molecular complexity index is 2690. The topological polar surface area (TPSA) is 179 Å². The van der Waals surface area contributed by atoms with Gasteiger partial charge in [-0.3, -0.25) is 9.59 Å². The van der Waals surface area contributed by atoms with Crippen LogP contribution in [0.15, 0.2) is 72.6 Å². The minimum Gasteiger partial charge on any atom is -0.483 e. The first-order valence-corrected chi connectivity index (χ1v) is 24.9. The Morgan fingerprint density at radius 1 is 0.686 bits per heavy atom. The molecule has 3 saturated heterocycles. The van der Waals surface area contributed by atoms with Gasteiger partial charge < -0.3 is 54.2 Å². The monoisotopic (exact) mass is 960 g/mol. The number of nitrogens with one attached hydrogen (secondary N) is 4. The summed E-state index contributed by atoms with van der Waals surface area (Å²) < 4.78 is 23.3. The van der Waals surface area contributed by atoms with Gasteiger partial charge in [-0.1, -0.05) is 72.7 Å². The molecular weight excluding hydrogens is 887 g/mol. The van der Waals surface area contributed by atoms with Crippen LogP contribution in [0, 0.1) is 11.8 Å². The molecule has 0 aliphatic carbocycles. The van der Waals surface area contributed by atoms with Crippen molar-refractivity contribution in [1.82, 2.24) is 40.4 Å². The van der Waals surface area contributed by atoms with E-state index in [0.29, 0.717) is 24.8 Å². The van der Waals surface area contributed by atoms with E-state index >= 15 is 0 Å². The molecule has 0 unspecified atom stereocenters. The minimum atomic E-state index is -0.731. The van der Waals surface area contributed by atoms with E-state index in [2.05, 4.69) is 101 Å². The number of H-pyrrole nitrogens is 2. The first kappa shape index (κ1) is 50.3. The van der Waals surface area contributed by atoms with Gasteiger partial charge in [-0.25, -0.2) is 14.8 Å². The highest BCUT2D eigenvalue weighted by Gasteiger charge is 2.51. The Hall–Kier alpha value is -6.13. The van der Waals surface area contributed by atoms with E-state index in [1.54, 1.807) is 21.3 Å². The average Bonchev–Trinajstić information content (AvgIpc) is 4.20. The third kappa shape index (κ3) is 9.68. The molecule has 16 heteroatoms. The first-order valence-electron chi connectivity index (χ1n) is 24.9. The van der Waals surface area contributed by atoms with E-state index in [-0.39, 0.29) is 53.2 Å². The predicted molar refractivity (Wildman–Crippen MR) is 271 cm³/mol. The zero-order chi connectivity index (χ0) is 50.2. The van der Waals surface area contributed by atoms with Gasteiger partial charge in [0.1, 0.15) is 35.9 Å². The Kier molecular flexibility index (Phi) is 14.9. The zero-order valence-electron chi connectivity index (χ0n) is 43.0. The number of allylic oxidation sites excluding steroid dienone is 1. The van der Waals surface area contributed by atoms with Crippen molar-refractivity contribution < 1.29 is 33.3 Å². The molecule has 70 heavy (non-hydrogen) atoms. The van der Waals surface area contributed by atoms with Gasteiger partial charge in [0, 0.05) is 33.0 Å². The van der Waals surface area contributed by atoms with Gasteiger partial charge in [-0.2, -0.15) is 0 Å². The Balaban J connectivity index is 1.15. The van der Waals surface area contributed by atoms with Crippen LogP contribution in [-0.4, -0.2) is 113 Å². The van der Waals surface area contributed by atoms with Crippen LogP contribution in [0.3, 0.4) is 0 Å². The van der Waals surface area contributed by atoms with Gasteiger partial charge in [-0.05, 0) is 109 Å². The highest BCUT2D eigenvalue weighted by atomic mass is 16.5. The largest absolute Gasteiger partial charge is 0.483 e. The van der Waals surface area contributed by atoms with E-state index in [9.17, 15) is 14.4 Å². The molecule has 3 aliphatic heterocycles. The third-order valence-corrected chi connectivity index (χ3v) is 14.7. The molecule has 3 aromatic carbocycles. The number of carbonyl (C=O) groups excluding carboxylic acids is 3. The lowest BCUT2D eigenvalue weighted by molar-refractivity contribution is -0.136. The summed E-state index contributed by atoms with van der Waals surface area (Å²) in [6.45, 7) is 17.7. The van der Waals surface area contributed by atoms with Gasteiger partial charge in [0.2, 0.25) is 11.8 Å². The zero-order valence-corrected chi connectivity index (χ0v) is 43.0. The van der Waals surface area contributed by atoms with Crippen molar-refractivity contribution >= 4 is 45.7 Å². The van der Waals surface area contributed by atoms with Crippen molar-refractivity contribution in [2.75, 3.05) is 46.4 Å². The second kappa shape index (κ2) is 20.7. The van der Waals surface area contributed by atoms with Crippen LogP contribution in [-0.2, 0) is 34.0 Å². The molecular formula is C54H73N9O7. The lowest BCUT2D eigenvalue weighted by atomic mass is 9.87. The van der Waals surface area contributed by atoms with Gasteiger partial charge in [0.15, 0.2) is 5.88 Å². The number of ether oxygens (including phenoxy) is 4. The number of amides is 3. The normalized spacial score (nSPS) is 22.9. The van der Waals surface area contributed by atoms with Crippen molar-refractivity contribution in [2.24, 2.45) is 11.8 Å². The summed E-state index contributed by atoms with van der Waals surface area (Å²) in [4.78, 5) is 64.2. The van der Waals surface area contributed by atoms with Crippen LogP contribution in [0.25, 0.3) is 22.1 Å². The summed E-state index contributed by atoms with van der Waals surface area (Å²) >= 11 is 0. The number of nitrogens with zero attached hydrogens (tertiary/aromatic N) is 5. The maximum Gasteiger partial charge on any atom is 0.407 e. The number of likely N-dealkylation sites (tertiary alicyclic amines) is 2. The van der Waals surface area contributed by atoms with Gasteiger partial charge in [0.25, 0.3) is 0 Å². The molecule has 3 aliphatic rings. The molecule has 5 heterocycles. The number of imidazole rings is 2. The van der Waals surface area contributed by atoms with Crippen LogP contribution >= 0.6 is 0 Å². The number of hydrogen-bond donors (Lipinski definition) is 4. The lowest BCUT2D eigenvalue weighted by Crippen LogP contribution is -2.51. The van der Waals surface area contributed by atoms with Crippen molar-refractivity contribution in [1.29, 1.82) is 0 Å². The Morgan fingerprint density at radius 2 is 1.21 bits per heavy atom. The molecule has 8 atom stereocenters. The fraction of sp³-hybridized carbons (Fsp3) is 0.537. The number of hydrogen-bond acceptors (Lipinski definition) is 11. The van der Waals surface area contributed by atoms with Crippen LogP contribution in [0.4, 0.5) is 10.5 Å². The van der Waals surface area contributed by atoms with Gasteiger partial charge >= 0.3 is 6.09 Å². The number of benzene rings is 3. The average molecular weight is 960 g/mol. The molecule has 0 spiro atoms. The molecule has 0 radical (unpaired) electrons. The molecule has 3 fully saturated rings. The summed E-state index contributed by atoms with van der Waals surface area (Å²) in [5.74, 6) is 1.81. The lowest BCUT2D eigenvalue weighted by Gasteiger charge is -2.34. The van der Waals surface area contributed by atoms with Crippen LogP contribution in [0.5, 0.6) is 0 Å². The van der Waals surface area contributed by atoms with E-state index in [0.717, 1.165) is 70.4 Å². The summed E-state index contributed by atoms with van der Waals surface area (Å²) in [5.41, 5.74) is 7.55. The fourth-order valence-electron chi connectivity index (χ4n) is 10.9. The highest BCUT2D eigenvalue weighted by Crippen LogP contribution is 2.50. The Morgan fingerprint density at radius 3 is 1.73 bits per heavy atom. The van der Waals surface area contributed by atoms with Gasteiger partial charge in [0.05, 0.1) is 60.5 Å². The standard InChI is InChI=1S/C54H73N9O7/c1-13-42(67-9)59-43(30(2)3)51(64)61-26-14-16-40(61)49-55-36-24-18-32(28-38(36)57-49)45-47(68-10)48(69-11)46(63(45)35-22-20-34(21-23-35)54(6,7)8)33-19-25-37-39(29-33)58-50(56-37)41-17-15-27-62(41)52(65)44(31(4)5)60-53(66)70-12/h13,18-25,28-31,40-41,43-48,59H,14-17,26-27H2,1-12H3,(H,55,57)(H,56,58)(H,60,66)/t40-,41-,43-,44-,45-,46-,47+,48+/m0/s1. The SMILES string of the molecule is CC=C(N[C@H](C(=O)N1CCC[C@H]1c1nc2cc([C@H]3[C@@H](OC)[C@H](OC)[C@H](c4ccc5nc([C@@H]6CCCN6C(=O)[C@@H](NC(=O)OC)C(C)C)[nH]c5c4)N3c3ccc(C(C)(C)C)cc3)ccc2[nH]1)C(C)C)OC. The number of carbonyl (C=O) groups is 3. The predicted octanol–water partition coefficient (Wildman–Crippen LogP) is 8.90. The highest BCUT2D eigenvalue weighted by molar-refractivity contribution is 5.87. The molecule has 8 rings (SSSR count). The summed E-state index contributed by atoms with van der Waals surface area (Å²) in [5, 5.41) is 6.07. The van der Waals surface area contributed by atoms with E-state index in [1.165, 1.54) is 12.7 Å². The van der Waals surface area contributed by atoms with Crippen molar-refractivity contribution in [3.63, 3.8) is 0 Å². The molecule has 2 aromatic heterocycles. The molecule has 3 amide bonds.